The molecule has 0 heterocycles. The van der Waals surface area contributed by atoms with Gasteiger partial charge in [0, 0.05) is 71.8 Å². The highest BCUT2D eigenvalue weighted by Crippen LogP contribution is 2.29. The highest BCUT2D eigenvalue weighted by Gasteiger charge is 2.07. The molecule has 3 aromatic carbocycles. The van der Waals surface area contributed by atoms with E-state index < -0.39 is 23.9 Å². The topological polar surface area (TPSA) is 164 Å². The van der Waals surface area contributed by atoms with Gasteiger partial charge in [0.1, 0.15) is 30.5 Å². The predicted molar refractivity (Wildman–Crippen MR) is 294 cm³/mol. The number of aliphatic imine (C=N–C) groups is 1. The number of methoxy groups -OCH3 is 2. The van der Waals surface area contributed by atoms with Crippen LogP contribution in [0.3, 0.4) is 0 Å². The lowest BCUT2D eigenvalue weighted by Gasteiger charge is -2.07. The van der Waals surface area contributed by atoms with Gasteiger partial charge in [0.15, 0.2) is 0 Å². The molecule has 0 saturated heterocycles. The maximum absolute atomic E-state index is 12.3. The molecule has 0 fully saturated rings. The monoisotopic (exact) mass is 1020 g/mol. The SMILES string of the molecule is C=C/C=C(\C)OCCOC(=O)C=C.C=CC.C=CC(=O)OCCCOc1ccc(C=Nc2ccc(OC(=O)/C=C/c3ccc(OCCCOC(=O)C=C)cc3)c(Cl)c2)cc1.CCC.CCC.COC.COC. The van der Waals surface area contributed by atoms with Crippen LogP contribution in [0.5, 0.6) is 17.2 Å². The Hall–Kier alpha value is -7.00. The van der Waals surface area contributed by atoms with Gasteiger partial charge in [-0.05, 0) is 91.7 Å². The molecule has 3 aromatic rings. The zero-order chi connectivity index (χ0) is 55.2. The standard InChI is InChI=1S/C34H32ClNO8.C10H14O3.2C3H8.C3H6.2C2H6O/c1-3-32(37)42-21-5-19-40-28-13-7-25(8-14-28)11-18-34(39)44-31-17-12-27(23-30(31)35)36-24-26-9-15-29(16-10-26)41-20-6-22-43-33(38)4-2;1-4-6-9(3)12-7-8-13-10(11)5-2;5*1-3-2/h3-4,7-18,23-24H,1-2,5-6,19-22H2;4-6H,1-2,7-8H2,3H3;2*3H2,1-2H3;3H,1H2,2H3;2*1-2H3/b18-11+,36-24?;9-6+;;;;;. The zero-order valence-electron chi connectivity index (χ0n) is 44.3. The second kappa shape index (κ2) is 53.4. The summed E-state index contributed by atoms with van der Waals surface area (Å²) in [6.45, 7) is 30.9. The van der Waals surface area contributed by atoms with Crippen molar-refractivity contribution in [1.82, 2.24) is 0 Å². The summed E-state index contributed by atoms with van der Waals surface area (Å²) >= 11 is 6.32. The normalized spacial score (nSPS) is 9.62. The Bertz CT molecular complexity index is 2000. The lowest BCUT2D eigenvalue weighted by molar-refractivity contribution is -0.139. The summed E-state index contributed by atoms with van der Waals surface area (Å²) in [5.41, 5.74) is 2.20. The van der Waals surface area contributed by atoms with Crippen molar-refractivity contribution in [3.63, 3.8) is 0 Å². The van der Waals surface area contributed by atoms with Crippen LogP contribution >= 0.6 is 11.6 Å². The number of nitrogens with zero attached hydrogens (tertiary/aromatic N) is 1. The van der Waals surface area contributed by atoms with Gasteiger partial charge in [-0.1, -0.05) is 103 Å². The first-order valence-corrected chi connectivity index (χ1v) is 23.4. The molecule has 0 unspecified atom stereocenters. The number of hydrogen-bond donors (Lipinski definition) is 0. The van der Waals surface area contributed by atoms with Crippen molar-refractivity contribution < 1.29 is 61.8 Å². The Labute approximate surface area is 435 Å². The molecule has 15 heteroatoms. The fraction of sp³-hybridized carbons (Fsp3) is 0.351. The number of allylic oxidation sites excluding steroid dienone is 4. The van der Waals surface area contributed by atoms with E-state index in [0.29, 0.717) is 49.8 Å². The molecule has 14 nitrogen and oxygen atoms in total. The summed E-state index contributed by atoms with van der Waals surface area (Å²) in [4.78, 5) is 49.3. The molecule has 0 spiro atoms. The molecule has 0 radical (unpaired) electrons. The first kappa shape index (κ1) is 71.6. The maximum Gasteiger partial charge on any atom is 0.336 e. The van der Waals surface area contributed by atoms with Gasteiger partial charge in [0.05, 0.1) is 42.9 Å². The predicted octanol–water partition coefficient (Wildman–Crippen LogP) is 13.1. The minimum atomic E-state index is -0.586. The van der Waals surface area contributed by atoms with Crippen molar-refractivity contribution >= 4 is 53.5 Å². The number of hydrogen-bond acceptors (Lipinski definition) is 14. The summed E-state index contributed by atoms with van der Waals surface area (Å²) < 4.78 is 44.7. The van der Waals surface area contributed by atoms with Crippen molar-refractivity contribution in [2.24, 2.45) is 4.99 Å². The van der Waals surface area contributed by atoms with Crippen LogP contribution in [0.4, 0.5) is 5.69 Å². The summed E-state index contributed by atoms with van der Waals surface area (Å²) in [7, 11) is 6.50. The molecule has 0 aromatic heterocycles. The molecular weight excluding hydrogens is 942 g/mol. The molecule has 0 atom stereocenters. The third kappa shape index (κ3) is 46.7. The average Bonchev–Trinajstić information content (AvgIpc) is 3.36. The van der Waals surface area contributed by atoms with Crippen molar-refractivity contribution in [3.8, 4) is 17.2 Å². The second-order valence-electron chi connectivity index (χ2n) is 13.8. The van der Waals surface area contributed by atoms with E-state index in [1.54, 1.807) is 108 Å². The van der Waals surface area contributed by atoms with Gasteiger partial charge in [0.2, 0.25) is 0 Å². The van der Waals surface area contributed by atoms with E-state index in [2.05, 4.69) is 79.8 Å². The molecule has 0 amide bonds. The largest absolute Gasteiger partial charge is 0.495 e. The minimum absolute atomic E-state index is 0.212. The highest BCUT2D eigenvalue weighted by atomic mass is 35.5. The number of carbonyl (C=O) groups is 4. The lowest BCUT2D eigenvalue weighted by Crippen LogP contribution is -2.07. The first-order chi connectivity index (χ1) is 34.6. The Kier molecular flexibility index (Phi) is 53.0. The molecule has 3 rings (SSSR count). The third-order valence-electron chi connectivity index (χ3n) is 6.77. The van der Waals surface area contributed by atoms with Gasteiger partial charge in [0.25, 0.3) is 0 Å². The van der Waals surface area contributed by atoms with Crippen LogP contribution in [0.15, 0.2) is 153 Å². The molecule has 398 valence electrons. The van der Waals surface area contributed by atoms with Gasteiger partial charge in [-0.3, -0.25) is 4.99 Å². The lowest BCUT2D eigenvalue weighted by atomic mass is 10.2. The average molecular weight is 1020 g/mol. The Morgan fingerprint density at radius 1 is 0.583 bits per heavy atom. The molecule has 0 aliphatic carbocycles. The van der Waals surface area contributed by atoms with Crippen LogP contribution in [0.2, 0.25) is 5.02 Å². The van der Waals surface area contributed by atoms with Gasteiger partial charge in [-0.25, -0.2) is 19.2 Å². The van der Waals surface area contributed by atoms with Crippen LogP contribution in [-0.2, 0) is 47.6 Å². The van der Waals surface area contributed by atoms with Crippen molar-refractivity contribution in [2.75, 3.05) is 68.1 Å². The molecule has 0 aliphatic rings. The quantitative estimate of drug-likeness (QED) is 0.0102. The molecule has 72 heavy (non-hydrogen) atoms. The van der Waals surface area contributed by atoms with Crippen LogP contribution < -0.4 is 14.2 Å². The summed E-state index contributed by atoms with van der Waals surface area (Å²) in [5, 5.41) is 0.240. The number of halogens is 1. The molecule has 0 bridgehead atoms. The second-order valence-corrected chi connectivity index (χ2v) is 14.2. The van der Waals surface area contributed by atoms with E-state index in [9.17, 15) is 19.2 Å². The Morgan fingerprint density at radius 3 is 1.39 bits per heavy atom. The zero-order valence-corrected chi connectivity index (χ0v) is 45.0. The first-order valence-electron chi connectivity index (χ1n) is 23.0. The third-order valence-corrected chi connectivity index (χ3v) is 7.07. The number of esters is 4. The Morgan fingerprint density at radius 2 is 0.986 bits per heavy atom. The van der Waals surface area contributed by atoms with E-state index in [4.69, 9.17) is 40.0 Å². The molecule has 0 N–H and O–H groups in total. The maximum atomic E-state index is 12.3. The van der Waals surface area contributed by atoms with Crippen LogP contribution in [-0.4, -0.2) is 98.2 Å². The van der Waals surface area contributed by atoms with Crippen LogP contribution in [0, 0.1) is 0 Å². The fourth-order valence-electron chi connectivity index (χ4n) is 4.01. The smallest absolute Gasteiger partial charge is 0.336 e. The van der Waals surface area contributed by atoms with Crippen LogP contribution in [0.1, 0.15) is 78.4 Å². The van der Waals surface area contributed by atoms with Gasteiger partial charge >= 0.3 is 23.9 Å². The van der Waals surface area contributed by atoms with Gasteiger partial charge < -0.3 is 42.6 Å². The molecule has 0 saturated carbocycles. The minimum Gasteiger partial charge on any atom is -0.495 e. The number of carbonyl (C=O) groups excluding carboxylic acids is 4. The number of rotatable bonds is 23. The van der Waals surface area contributed by atoms with E-state index in [-0.39, 0.29) is 30.6 Å². The number of ether oxygens (including phenoxy) is 9. The van der Waals surface area contributed by atoms with Crippen LogP contribution in [0.25, 0.3) is 6.08 Å². The van der Waals surface area contributed by atoms with Crippen molar-refractivity contribution in [3.05, 3.63) is 164 Å². The van der Waals surface area contributed by atoms with Crippen molar-refractivity contribution in [2.45, 2.75) is 67.2 Å². The Balaban J connectivity index is -0.000000677. The van der Waals surface area contributed by atoms with E-state index in [1.807, 2.05) is 31.2 Å². The summed E-state index contributed by atoms with van der Waals surface area (Å²) in [6, 6.07) is 19.3. The van der Waals surface area contributed by atoms with E-state index in [1.165, 1.54) is 18.9 Å². The van der Waals surface area contributed by atoms with E-state index in [0.717, 1.165) is 35.1 Å². The number of benzene rings is 3. The fourth-order valence-corrected chi connectivity index (χ4v) is 4.23. The van der Waals surface area contributed by atoms with Crippen molar-refractivity contribution in [1.29, 1.82) is 0 Å². The van der Waals surface area contributed by atoms with Gasteiger partial charge in [-0.15, -0.1) is 6.58 Å². The van der Waals surface area contributed by atoms with E-state index >= 15 is 0 Å². The molecular formula is C57H80ClNO13. The summed E-state index contributed by atoms with van der Waals surface area (Å²) in [5.74, 6) is 0.348. The summed E-state index contributed by atoms with van der Waals surface area (Å²) in [6.07, 6.45) is 16.7. The molecule has 0 aliphatic heterocycles. The van der Waals surface area contributed by atoms with Gasteiger partial charge in [-0.2, -0.15) is 0 Å². The highest BCUT2D eigenvalue weighted by molar-refractivity contribution is 6.32.